The number of rotatable bonds is 11. The van der Waals surface area contributed by atoms with Crippen molar-refractivity contribution in [3.05, 3.63) is 53.1 Å². The predicted octanol–water partition coefficient (Wildman–Crippen LogP) is 2.16. The van der Waals surface area contributed by atoms with E-state index in [0.29, 0.717) is 0 Å². The number of esters is 1. The highest BCUT2D eigenvalue weighted by Gasteiger charge is 2.57. The summed E-state index contributed by atoms with van der Waals surface area (Å²) in [6.07, 6.45) is -4.92. The van der Waals surface area contributed by atoms with Gasteiger partial charge in [0.25, 0.3) is 0 Å². The third-order valence-corrected chi connectivity index (χ3v) is 7.40. The fourth-order valence-corrected chi connectivity index (χ4v) is 5.29. The quantitative estimate of drug-likeness (QED) is 0.209. The van der Waals surface area contributed by atoms with Gasteiger partial charge in [0.1, 0.15) is 29.3 Å². The number of halogens is 2. The number of nitrogens with zero attached hydrogens (tertiary/aromatic N) is 2. The van der Waals surface area contributed by atoms with E-state index in [2.05, 4.69) is 10.1 Å². The van der Waals surface area contributed by atoms with E-state index >= 15 is 4.39 Å². The number of carbonyl (C=O) groups excluding carboxylic acids is 1. The number of benzene rings is 1. The summed E-state index contributed by atoms with van der Waals surface area (Å²) >= 11 is 6.07. The number of aliphatic hydroxyl groups is 1. The van der Waals surface area contributed by atoms with Gasteiger partial charge in [0.05, 0.1) is 18.6 Å². The van der Waals surface area contributed by atoms with E-state index in [1.807, 2.05) is 0 Å². The van der Waals surface area contributed by atoms with Crippen molar-refractivity contribution in [3.8, 4) is 5.75 Å². The molecule has 1 saturated heterocycles. The SMILES string of the molecule is CC(C)OC(=O)[C@H](C)NP(=O)(OC[C@@]1(CCl)O[C@@H](n2ccc(N)nc2=O)[C@H](F)[C@@H]1O)Oc1ccccc1. The summed E-state index contributed by atoms with van der Waals surface area (Å²) in [5.74, 6) is -1.19. The lowest BCUT2D eigenvalue weighted by atomic mass is 9.99. The molecular formula is C22H29ClFN4O8P. The van der Waals surface area contributed by atoms with Crippen molar-refractivity contribution in [2.75, 3.05) is 18.2 Å². The Labute approximate surface area is 217 Å². The van der Waals surface area contributed by atoms with Gasteiger partial charge >= 0.3 is 19.4 Å². The topological polar surface area (TPSA) is 164 Å². The number of nitrogens with one attached hydrogen (secondary N) is 1. The summed E-state index contributed by atoms with van der Waals surface area (Å²) in [4.78, 5) is 28.1. The number of carbonyl (C=O) groups is 1. The summed E-state index contributed by atoms with van der Waals surface area (Å²) in [6.45, 7) is 3.95. The lowest BCUT2D eigenvalue weighted by Crippen LogP contribution is -2.48. The maximum Gasteiger partial charge on any atom is 0.459 e. The molecule has 2 heterocycles. The maximum absolute atomic E-state index is 15.1. The van der Waals surface area contributed by atoms with Crippen LogP contribution in [0.1, 0.15) is 27.0 Å². The minimum absolute atomic E-state index is 0.0858. The van der Waals surface area contributed by atoms with Crippen molar-refractivity contribution < 1.29 is 37.4 Å². The maximum atomic E-state index is 15.1. The molecule has 1 fully saturated rings. The number of nitrogen functional groups attached to an aromatic ring is 1. The number of ether oxygens (including phenoxy) is 2. The summed E-state index contributed by atoms with van der Waals surface area (Å²) in [7, 11) is -4.38. The van der Waals surface area contributed by atoms with Crippen molar-refractivity contribution in [1.29, 1.82) is 0 Å². The van der Waals surface area contributed by atoms with E-state index in [9.17, 15) is 19.3 Å². The molecule has 1 aliphatic rings. The number of hydrogen-bond donors (Lipinski definition) is 3. The van der Waals surface area contributed by atoms with Crippen LogP contribution in [-0.2, 0) is 23.4 Å². The third-order valence-electron chi connectivity index (χ3n) is 5.33. The molecule has 0 aliphatic carbocycles. The van der Waals surface area contributed by atoms with Crippen LogP contribution in [0.2, 0.25) is 0 Å². The molecule has 0 radical (unpaired) electrons. The highest BCUT2D eigenvalue weighted by atomic mass is 35.5. The molecule has 0 amide bonds. The molecule has 1 aromatic heterocycles. The van der Waals surface area contributed by atoms with Crippen LogP contribution in [0.4, 0.5) is 10.2 Å². The van der Waals surface area contributed by atoms with Gasteiger partial charge in [-0.15, -0.1) is 11.6 Å². The fraction of sp³-hybridized carbons (Fsp3) is 0.500. The van der Waals surface area contributed by atoms with Crippen LogP contribution in [-0.4, -0.2) is 63.1 Å². The molecule has 1 unspecified atom stereocenters. The van der Waals surface area contributed by atoms with Crippen molar-refractivity contribution in [1.82, 2.24) is 14.6 Å². The van der Waals surface area contributed by atoms with Crippen LogP contribution in [0, 0.1) is 0 Å². The van der Waals surface area contributed by atoms with Gasteiger partial charge in [-0.25, -0.2) is 13.8 Å². The van der Waals surface area contributed by atoms with E-state index in [4.69, 9.17) is 35.9 Å². The zero-order chi connectivity index (χ0) is 27.4. The molecule has 37 heavy (non-hydrogen) atoms. The molecule has 3 rings (SSSR count). The second kappa shape index (κ2) is 11.9. The monoisotopic (exact) mass is 562 g/mol. The molecule has 0 saturated carbocycles. The lowest BCUT2D eigenvalue weighted by Gasteiger charge is -2.31. The molecule has 12 nitrogen and oxygen atoms in total. The number of alkyl halides is 2. The molecule has 204 valence electrons. The highest BCUT2D eigenvalue weighted by Crippen LogP contribution is 2.48. The van der Waals surface area contributed by atoms with E-state index in [1.165, 1.54) is 25.1 Å². The predicted molar refractivity (Wildman–Crippen MR) is 132 cm³/mol. The lowest BCUT2D eigenvalue weighted by molar-refractivity contribution is -0.149. The first-order chi connectivity index (χ1) is 17.4. The van der Waals surface area contributed by atoms with Gasteiger partial charge < -0.3 is 24.8 Å². The van der Waals surface area contributed by atoms with Crippen LogP contribution < -0.4 is 21.0 Å². The molecule has 0 bridgehead atoms. The standard InChI is InChI=1S/C22H29ClFN4O8P/c1-13(2)34-20(30)14(3)27-37(32,36-15-7-5-4-6-8-15)33-12-22(11-23)18(29)17(24)19(35-22)28-10-9-16(25)26-21(28)31/h4-10,13-14,17-19,29H,11-12H2,1-3H3,(H,27,32)(H2,25,26,31)/t14-,17+,18-,19+,22+,37?/m0/s1. The Morgan fingerprint density at radius 1 is 1.35 bits per heavy atom. The first-order valence-electron chi connectivity index (χ1n) is 11.3. The van der Waals surface area contributed by atoms with E-state index in [1.54, 1.807) is 32.0 Å². The number of anilines is 1. The van der Waals surface area contributed by atoms with Crippen LogP contribution in [0.5, 0.6) is 5.75 Å². The Morgan fingerprint density at radius 3 is 2.62 bits per heavy atom. The number of hydrogen-bond acceptors (Lipinski definition) is 10. The highest BCUT2D eigenvalue weighted by molar-refractivity contribution is 7.52. The molecule has 0 spiro atoms. The van der Waals surface area contributed by atoms with Crippen LogP contribution in [0.25, 0.3) is 0 Å². The number of aromatic nitrogens is 2. The zero-order valence-corrected chi connectivity index (χ0v) is 22.0. The molecule has 1 aromatic carbocycles. The van der Waals surface area contributed by atoms with Gasteiger partial charge in [-0.3, -0.25) is 13.9 Å². The van der Waals surface area contributed by atoms with Crippen molar-refractivity contribution >= 4 is 31.1 Å². The van der Waals surface area contributed by atoms with Gasteiger partial charge in [0.15, 0.2) is 12.4 Å². The minimum Gasteiger partial charge on any atom is -0.462 e. The van der Waals surface area contributed by atoms with Gasteiger partial charge in [0, 0.05) is 6.20 Å². The second-order valence-corrected chi connectivity index (χ2v) is 10.6. The summed E-state index contributed by atoms with van der Waals surface area (Å²) in [6, 6.07) is 8.07. The molecule has 2 aromatic rings. The van der Waals surface area contributed by atoms with Crippen molar-refractivity contribution in [3.63, 3.8) is 0 Å². The second-order valence-electron chi connectivity index (χ2n) is 8.65. The first-order valence-corrected chi connectivity index (χ1v) is 13.4. The van der Waals surface area contributed by atoms with Crippen LogP contribution >= 0.6 is 19.3 Å². The zero-order valence-electron chi connectivity index (χ0n) is 20.3. The average molecular weight is 563 g/mol. The molecule has 15 heteroatoms. The Balaban J connectivity index is 1.85. The first kappa shape index (κ1) is 29.0. The number of nitrogens with two attached hydrogens (primary N) is 1. The Bertz CT molecular complexity index is 1190. The smallest absolute Gasteiger partial charge is 0.459 e. The van der Waals surface area contributed by atoms with E-state index in [0.717, 1.165) is 10.8 Å². The van der Waals surface area contributed by atoms with Crippen molar-refractivity contribution in [2.24, 2.45) is 0 Å². The minimum atomic E-state index is -4.38. The summed E-state index contributed by atoms with van der Waals surface area (Å²) in [5, 5.41) is 13.2. The van der Waals surface area contributed by atoms with Crippen LogP contribution in [0.3, 0.4) is 0 Å². The molecule has 4 N–H and O–H groups in total. The van der Waals surface area contributed by atoms with Crippen LogP contribution in [0.15, 0.2) is 47.4 Å². The van der Waals surface area contributed by atoms with Crippen molar-refractivity contribution in [2.45, 2.75) is 57.0 Å². The largest absolute Gasteiger partial charge is 0.462 e. The van der Waals surface area contributed by atoms with Gasteiger partial charge in [-0.1, -0.05) is 18.2 Å². The molecule has 1 aliphatic heterocycles. The molecular weight excluding hydrogens is 534 g/mol. The average Bonchev–Trinajstić information content (AvgIpc) is 3.08. The number of aliphatic hydroxyl groups excluding tert-OH is 1. The Kier molecular flexibility index (Phi) is 9.32. The van der Waals surface area contributed by atoms with Gasteiger partial charge in [-0.2, -0.15) is 10.1 Å². The van der Waals surface area contributed by atoms with E-state index < -0.39 is 68.1 Å². The summed E-state index contributed by atoms with van der Waals surface area (Å²) in [5.41, 5.74) is 2.61. The fourth-order valence-electron chi connectivity index (χ4n) is 3.45. The number of para-hydroxylation sites is 1. The Morgan fingerprint density at radius 2 is 2.03 bits per heavy atom. The summed E-state index contributed by atoms with van der Waals surface area (Å²) < 4.78 is 51.6. The molecule has 6 atom stereocenters. The van der Waals surface area contributed by atoms with Gasteiger partial charge in [-0.05, 0) is 39.0 Å². The van der Waals surface area contributed by atoms with Gasteiger partial charge in [0.2, 0.25) is 0 Å². The normalized spacial score (nSPS) is 26.0. The third kappa shape index (κ3) is 6.86. The van der Waals surface area contributed by atoms with E-state index in [-0.39, 0.29) is 11.6 Å². The Hall–Kier alpha value is -2.54.